The lowest BCUT2D eigenvalue weighted by molar-refractivity contribution is 0.102. The number of nitrogen functional groups attached to an aromatic ring is 1. The van der Waals surface area contributed by atoms with E-state index in [1.54, 1.807) is 30.3 Å². The van der Waals surface area contributed by atoms with Gasteiger partial charge in [0.25, 0.3) is 5.91 Å². The van der Waals surface area contributed by atoms with Crippen molar-refractivity contribution in [2.75, 3.05) is 11.1 Å². The highest BCUT2D eigenvalue weighted by Crippen LogP contribution is 2.24. The summed E-state index contributed by atoms with van der Waals surface area (Å²) in [6.45, 7) is 1.93. The van der Waals surface area contributed by atoms with Gasteiger partial charge >= 0.3 is 0 Å². The number of hydrogen-bond acceptors (Lipinski definition) is 2. The predicted molar refractivity (Wildman–Crippen MR) is 80.0 cm³/mol. The van der Waals surface area contributed by atoms with Gasteiger partial charge in [0.1, 0.15) is 0 Å². The van der Waals surface area contributed by atoms with Crippen LogP contribution in [0.3, 0.4) is 0 Å². The zero-order chi connectivity index (χ0) is 14.0. The van der Waals surface area contributed by atoms with Crippen molar-refractivity contribution in [3.05, 3.63) is 57.6 Å². The molecule has 1 amide bonds. The van der Waals surface area contributed by atoms with Gasteiger partial charge in [-0.1, -0.05) is 29.3 Å². The Balaban J connectivity index is 2.25. The van der Waals surface area contributed by atoms with Crippen LogP contribution >= 0.6 is 23.2 Å². The lowest BCUT2D eigenvalue weighted by Gasteiger charge is -2.08. The van der Waals surface area contributed by atoms with E-state index in [1.807, 2.05) is 13.0 Å². The molecular formula is C14H12Cl2N2O. The zero-order valence-corrected chi connectivity index (χ0v) is 11.7. The molecule has 0 aliphatic heterocycles. The second-order valence-corrected chi connectivity index (χ2v) is 5.05. The molecule has 0 aliphatic carbocycles. The van der Waals surface area contributed by atoms with Gasteiger partial charge in [-0.05, 0) is 42.8 Å². The second-order valence-electron chi connectivity index (χ2n) is 4.21. The Morgan fingerprint density at radius 1 is 1.16 bits per heavy atom. The molecule has 5 heteroatoms. The predicted octanol–water partition coefficient (Wildman–Crippen LogP) is 4.14. The Hall–Kier alpha value is -1.71. The van der Waals surface area contributed by atoms with Crippen molar-refractivity contribution in [1.29, 1.82) is 0 Å². The van der Waals surface area contributed by atoms with Crippen molar-refractivity contribution in [3.63, 3.8) is 0 Å². The average molecular weight is 295 g/mol. The summed E-state index contributed by atoms with van der Waals surface area (Å²) >= 11 is 11.9. The molecule has 3 N–H and O–H groups in total. The van der Waals surface area contributed by atoms with E-state index in [9.17, 15) is 4.79 Å². The normalized spacial score (nSPS) is 10.3. The smallest absolute Gasteiger partial charge is 0.255 e. The highest BCUT2D eigenvalue weighted by molar-refractivity contribution is 6.34. The molecule has 0 spiro atoms. The minimum Gasteiger partial charge on any atom is -0.399 e. The summed E-state index contributed by atoms with van der Waals surface area (Å²) in [4.78, 5) is 12.1. The number of anilines is 2. The summed E-state index contributed by atoms with van der Waals surface area (Å²) in [7, 11) is 0. The second kappa shape index (κ2) is 5.51. The third kappa shape index (κ3) is 3.40. The molecule has 3 nitrogen and oxygen atoms in total. The molecule has 0 unspecified atom stereocenters. The van der Waals surface area contributed by atoms with E-state index in [-0.39, 0.29) is 5.91 Å². The van der Waals surface area contributed by atoms with E-state index < -0.39 is 0 Å². The molecule has 0 fully saturated rings. The first-order chi connectivity index (χ1) is 8.95. The first kappa shape index (κ1) is 13.7. The highest BCUT2D eigenvalue weighted by atomic mass is 35.5. The van der Waals surface area contributed by atoms with Gasteiger partial charge in [-0.25, -0.2) is 0 Å². The lowest BCUT2D eigenvalue weighted by atomic mass is 10.1. The van der Waals surface area contributed by atoms with Crippen molar-refractivity contribution < 1.29 is 4.79 Å². The quantitative estimate of drug-likeness (QED) is 0.818. The first-order valence-electron chi connectivity index (χ1n) is 5.59. The molecule has 0 saturated carbocycles. The Labute approximate surface area is 121 Å². The number of rotatable bonds is 2. The number of benzene rings is 2. The first-order valence-corrected chi connectivity index (χ1v) is 6.35. The number of nitrogens with one attached hydrogen (secondary N) is 1. The van der Waals surface area contributed by atoms with E-state index in [0.717, 1.165) is 5.56 Å². The fourth-order valence-corrected chi connectivity index (χ4v) is 2.19. The van der Waals surface area contributed by atoms with Crippen molar-refractivity contribution >= 4 is 40.5 Å². The van der Waals surface area contributed by atoms with Gasteiger partial charge in [-0.2, -0.15) is 0 Å². The van der Waals surface area contributed by atoms with E-state index in [1.165, 1.54) is 0 Å². The van der Waals surface area contributed by atoms with Gasteiger partial charge in [0.05, 0.1) is 10.7 Å². The summed E-state index contributed by atoms with van der Waals surface area (Å²) < 4.78 is 0. The van der Waals surface area contributed by atoms with Crippen LogP contribution in [0.4, 0.5) is 11.4 Å². The average Bonchev–Trinajstić information content (AvgIpc) is 2.31. The van der Waals surface area contributed by atoms with Crippen LogP contribution in [0.5, 0.6) is 0 Å². The van der Waals surface area contributed by atoms with E-state index in [4.69, 9.17) is 28.9 Å². The molecule has 2 rings (SSSR count). The van der Waals surface area contributed by atoms with Crippen molar-refractivity contribution in [2.45, 2.75) is 6.92 Å². The summed E-state index contributed by atoms with van der Waals surface area (Å²) in [6, 6.07) is 10.1. The van der Waals surface area contributed by atoms with Gasteiger partial charge in [0.15, 0.2) is 0 Å². The van der Waals surface area contributed by atoms with Crippen LogP contribution in [0.15, 0.2) is 36.4 Å². The topological polar surface area (TPSA) is 55.1 Å². The van der Waals surface area contributed by atoms with E-state index >= 15 is 0 Å². The van der Waals surface area contributed by atoms with Crippen LogP contribution in [0.1, 0.15) is 15.9 Å². The van der Waals surface area contributed by atoms with Gasteiger partial charge < -0.3 is 11.1 Å². The molecule has 0 atom stereocenters. The van der Waals surface area contributed by atoms with Crippen LogP contribution < -0.4 is 11.1 Å². The maximum Gasteiger partial charge on any atom is 0.255 e. The summed E-state index contributed by atoms with van der Waals surface area (Å²) in [5.41, 5.74) is 8.05. The number of nitrogens with two attached hydrogens (primary N) is 1. The van der Waals surface area contributed by atoms with Crippen molar-refractivity contribution in [3.8, 4) is 0 Å². The molecule has 2 aromatic carbocycles. The molecule has 19 heavy (non-hydrogen) atoms. The third-order valence-electron chi connectivity index (χ3n) is 2.56. The van der Waals surface area contributed by atoms with Crippen molar-refractivity contribution in [2.24, 2.45) is 0 Å². The largest absolute Gasteiger partial charge is 0.399 e. The maximum atomic E-state index is 12.1. The van der Waals surface area contributed by atoms with Crippen LogP contribution in [0.25, 0.3) is 0 Å². The number of carbonyl (C=O) groups is 1. The molecule has 0 saturated heterocycles. The van der Waals surface area contributed by atoms with Crippen molar-refractivity contribution in [1.82, 2.24) is 0 Å². The number of amides is 1. The molecule has 98 valence electrons. The van der Waals surface area contributed by atoms with Gasteiger partial charge in [-0.15, -0.1) is 0 Å². The van der Waals surface area contributed by atoms with Gasteiger partial charge in [-0.3, -0.25) is 4.79 Å². The molecule has 2 aromatic rings. The Kier molecular flexibility index (Phi) is 3.98. The number of carbonyl (C=O) groups excluding carboxylic acids is 1. The monoisotopic (exact) mass is 294 g/mol. The Morgan fingerprint density at radius 3 is 2.53 bits per heavy atom. The Bertz CT molecular complexity index is 621. The minimum atomic E-state index is -0.306. The van der Waals surface area contributed by atoms with E-state index in [2.05, 4.69) is 5.32 Å². The number of halogens is 2. The minimum absolute atomic E-state index is 0.306. The van der Waals surface area contributed by atoms with Crippen LogP contribution in [-0.4, -0.2) is 5.91 Å². The summed E-state index contributed by atoms with van der Waals surface area (Å²) in [5.74, 6) is -0.306. The van der Waals surface area contributed by atoms with Crippen LogP contribution in [-0.2, 0) is 0 Å². The lowest BCUT2D eigenvalue weighted by Crippen LogP contribution is -2.12. The molecular weight excluding hydrogens is 283 g/mol. The number of hydrogen-bond donors (Lipinski definition) is 2. The molecule has 0 heterocycles. The summed E-state index contributed by atoms with van der Waals surface area (Å²) in [5, 5.41) is 3.63. The van der Waals surface area contributed by atoms with Crippen LogP contribution in [0.2, 0.25) is 10.0 Å². The third-order valence-corrected chi connectivity index (χ3v) is 3.09. The fourth-order valence-electron chi connectivity index (χ4n) is 1.66. The van der Waals surface area contributed by atoms with E-state index in [0.29, 0.717) is 27.0 Å². The zero-order valence-electron chi connectivity index (χ0n) is 10.2. The molecule has 0 radical (unpaired) electrons. The summed E-state index contributed by atoms with van der Waals surface area (Å²) in [6.07, 6.45) is 0. The maximum absolute atomic E-state index is 12.1. The number of aryl methyl sites for hydroxylation is 1. The highest BCUT2D eigenvalue weighted by Gasteiger charge is 2.10. The Morgan fingerprint density at radius 2 is 1.89 bits per heavy atom. The molecule has 0 aliphatic rings. The van der Waals surface area contributed by atoms with Crippen LogP contribution in [0, 0.1) is 6.92 Å². The molecule has 0 aromatic heterocycles. The van der Waals surface area contributed by atoms with Gasteiger partial charge in [0, 0.05) is 16.3 Å². The molecule has 0 bridgehead atoms. The standard InChI is InChI=1S/C14H12Cl2N2O/c1-8-2-3-13(12(16)4-8)18-14(19)9-5-10(15)7-11(17)6-9/h2-7H,17H2,1H3,(H,18,19). The van der Waals surface area contributed by atoms with Gasteiger partial charge in [0.2, 0.25) is 0 Å². The fraction of sp³-hybridized carbons (Fsp3) is 0.0714. The SMILES string of the molecule is Cc1ccc(NC(=O)c2cc(N)cc(Cl)c2)c(Cl)c1.